The summed E-state index contributed by atoms with van der Waals surface area (Å²) in [6, 6.07) is 0. The Morgan fingerprint density at radius 2 is 2.14 bits per heavy atom. The highest BCUT2D eigenvalue weighted by Crippen LogP contribution is 2.29. The third-order valence-electron chi connectivity index (χ3n) is 3.82. The third kappa shape index (κ3) is 2.48. The Morgan fingerprint density at radius 1 is 1.36 bits per heavy atom. The highest BCUT2D eigenvalue weighted by atomic mass is 32.2. The summed E-state index contributed by atoms with van der Waals surface area (Å²) in [5, 5.41) is 1.54. The zero-order valence-electron chi connectivity index (χ0n) is 13.1. The molecule has 0 aromatic carbocycles. The summed E-state index contributed by atoms with van der Waals surface area (Å²) in [5.74, 6) is 1.67. The van der Waals surface area contributed by atoms with Crippen LogP contribution in [-0.2, 0) is 19.3 Å². The van der Waals surface area contributed by atoms with Gasteiger partial charge in [-0.2, -0.15) is 0 Å². The zero-order valence-corrected chi connectivity index (χ0v) is 14.7. The van der Waals surface area contributed by atoms with Gasteiger partial charge in [0.2, 0.25) is 0 Å². The first kappa shape index (κ1) is 15.3. The van der Waals surface area contributed by atoms with E-state index >= 15 is 0 Å². The van der Waals surface area contributed by atoms with Crippen LogP contribution < -0.4 is 5.56 Å². The lowest BCUT2D eigenvalue weighted by Crippen LogP contribution is -2.22. The van der Waals surface area contributed by atoms with Crippen LogP contribution in [0.3, 0.4) is 0 Å². The molecule has 0 N–H and O–H groups in total. The number of rotatable bonds is 4. The van der Waals surface area contributed by atoms with Gasteiger partial charge in [0.05, 0.1) is 11.1 Å². The van der Waals surface area contributed by atoms with Crippen molar-refractivity contribution in [2.75, 3.05) is 0 Å². The predicted octanol–water partition coefficient (Wildman–Crippen LogP) is 3.12. The molecule has 0 radical (unpaired) electrons. The summed E-state index contributed by atoms with van der Waals surface area (Å²) in [6.45, 7) is 6.64. The van der Waals surface area contributed by atoms with E-state index in [9.17, 15) is 4.79 Å². The van der Waals surface area contributed by atoms with Crippen LogP contribution in [0.4, 0.5) is 0 Å². The van der Waals surface area contributed by atoms with Gasteiger partial charge >= 0.3 is 0 Å². The van der Waals surface area contributed by atoms with Gasteiger partial charge in [0.1, 0.15) is 10.7 Å². The Bertz CT molecular complexity index is 891. The molecule has 0 aliphatic heterocycles. The molecule has 0 saturated carbocycles. The maximum atomic E-state index is 12.7. The van der Waals surface area contributed by atoms with Crippen molar-refractivity contribution in [2.24, 2.45) is 7.05 Å². The van der Waals surface area contributed by atoms with Crippen LogP contribution in [0.2, 0.25) is 0 Å². The molecule has 0 saturated heterocycles. The van der Waals surface area contributed by atoms with E-state index in [2.05, 4.69) is 4.98 Å². The molecule has 0 aliphatic carbocycles. The topological polar surface area (TPSA) is 52.7 Å². The second kappa shape index (κ2) is 5.89. The van der Waals surface area contributed by atoms with Crippen LogP contribution in [0.5, 0.6) is 0 Å². The fraction of sp³-hybridized carbons (Fsp3) is 0.400. The monoisotopic (exact) mass is 334 g/mol. The Labute approximate surface area is 137 Å². The summed E-state index contributed by atoms with van der Waals surface area (Å²) in [5.41, 5.74) is 1.12. The van der Waals surface area contributed by atoms with Gasteiger partial charge in [-0.25, -0.2) is 9.97 Å². The Balaban J connectivity index is 2.05. The number of aryl methyl sites for hydroxylation is 3. The quantitative estimate of drug-likeness (QED) is 0.543. The average Bonchev–Trinajstić information content (AvgIpc) is 3.01. The molecule has 3 heterocycles. The van der Waals surface area contributed by atoms with Crippen LogP contribution in [-0.4, -0.2) is 19.1 Å². The molecule has 0 amide bonds. The van der Waals surface area contributed by atoms with E-state index in [0.29, 0.717) is 12.3 Å². The molecule has 7 heteroatoms. The van der Waals surface area contributed by atoms with E-state index in [1.54, 1.807) is 33.9 Å². The summed E-state index contributed by atoms with van der Waals surface area (Å²) < 4.78 is 3.74. The summed E-state index contributed by atoms with van der Waals surface area (Å²) in [4.78, 5) is 23.8. The SMILES string of the molecule is CCn1c(SCc2nccn2C)nc2sc(C)c(C)c2c1=O. The van der Waals surface area contributed by atoms with E-state index in [1.807, 2.05) is 38.6 Å². The molecule has 0 unspecified atom stereocenters. The minimum absolute atomic E-state index is 0.0664. The largest absolute Gasteiger partial charge is 0.337 e. The molecule has 0 atom stereocenters. The van der Waals surface area contributed by atoms with E-state index in [-0.39, 0.29) is 5.56 Å². The molecular weight excluding hydrogens is 316 g/mol. The van der Waals surface area contributed by atoms with Crippen LogP contribution in [0.25, 0.3) is 10.2 Å². The maximum Gasteiger partial charge on any atom is 0.263 e. The fourth-order valence-corrected chi connectivity index (χ4v) is 4.50. The van der Waals surface area contributed by atoms with Crippen LogP contribution in [0.15, 0.2) is 22.3 Å². The number of aromatic nitrogens is 4. The molecule has 0 fully saturated rings. The Kier molecular flexibility index (Phi) is 4.10. The summed E-state index contributed by atoms with van der Waals surface area (Å²) in [6.07, 6.45) is 3.71. The first-order valence-electron chi connectivity index (χ1n) is 7.12. The Hall–Kier alpha value is -1.60. The van der Waals surface area contributed by atoms with Crippen molar-refractivity contribution in [3.63, 3.8) is 0 Å². The van der Waals surface area contributed by atoms with Crippen molar-refractivity contribution in [3.05, 3.63) is 39.0 Å². The van der Waals surface area contributed by atoms with Crippen molar-refractivity contribution >= 4 is 33.3 Å². The van der Waals surface area contributed by atoms with E-state index in [0.717, 1.165) is 31.6 Å². The van der Waals surface area contributed by atoms with Crippen molar-refractivity contribution < 1.29 is 0 Å². The predicted molar refractivity (Wildman–Crippen MR) is 91.8 cm³/mol. The zero-order chi connectivity index (χ0) is 15.9. The fourth-order valence-electron chi connectivity index (χ4n) is 2.36. The van der Waals surface area contributed by atoms with E-state index in [1.165, 1.54) is 0 Å². The van der Waals surface area contributed by atoms with Gasteiger partial charge in [-0.3, -0.25) is 9.36 Å². The van der Waals surface area contributed by atoms with Crippen LogP contribution in [0.1, 0.15) is 23.2 Å². The molecule has 0 aliphatic rings. The lowest BCUT2D eigenvalue weighted by molar-refractivity contribution is 0.635. The van der Waals surface area contributed by atoms with Gasteiger partial charge in [-0.15, -0.1) is 11.3 Å². The standard InChI is InChI=1S/C15H18N4OS2/c1-5-19-14(20)12-9(2)10(3)22-13(12)17-15(19)21-8-11-16-6-7-18(11)4/h6-7H,5,8H2,1-4H3. The minimum Gasteiger partial charge on any atom is -0.337 e. The molecule has 3 rings (SSSR count). The van der Waals surface area contributed by atoms with Gasteiger partial charge in [0.15, 0.2) is 5.16 Å². The van der Waals surface area contributed by atoms with E-state index < -0.39 is 0 Å². The molecule has 0 spiro atoms. The molecular formula is C15H18N4OS2. The van der Waals surface area contributed by atoms with E-state index in [4.69, 9.17) is 4.98 Å². The normalized spacial score (nSPS) is 11.5. The van der Waals surface area contributed by atoms with Crippen molar-refractivity contribution in [3.8, 4) is 0 Å². The number of hydrogen-bond acceptors (Lipinski definition) is 5. The summed E-state index contributed by atoms with van der Waals surface area (Å²) in [7, 11) is 1.97. The average molecular weight is 334 g/mol. The van der Waals surface area contributed by atoms with Crippen molar-refractivity contribution in [2.45, 2.75) is 38.2 Å². The minimum atomic E-state index is 0.0664. The van der Waals surface area contributed by atoms with Gasteiger partial charge in [-0.1, -0.05) is 11.8 Å². The molecule has 116 valence electrons. The lowest BCUT2D eigenvalue weighted by atomic mass is 10.2. The molecule has 3 aromatic rings. The molecule has 0 bridgehead atoms. The number of fused-ring (bicyclic) bond motifs is 1. The first-order valence-corrected chi connectivity index (χ1v) is 8.92. The highest BCUT2D eigenvalue weighted by molar-refractivity contribution is 7.98. The third-order valence-corrected chi connectivity index (χ3v) is 5.89. The number of nitrogens with zero attached hydrogens (tertiary/aromatic N) is 4. The number of thioether (sulfide) groups is 1. The maximum absolute atomic E-state index is 12.7. The number of imidazole rings is 1. The number of hydrogen-bond donors (Lipinski definition) is 0. The van der Waals surface area contributed by atoms with Gasteiger partial charge in [0.25, 0.3) is 5.56 Å². The molecule has 5 nitrogen and oxygen atoms in total. The summed E-state index contributed by atoms with van der Waals surface area (Å²) >= 11 is 3.16. The van der Waals surface area contributed by atoms with Crippen LogP contribution >= 0.6 is 23.1 Å². The molecule has 22 heavy (non-hydrogen) atoms. The lowest BCUT2D eigenvalue weighted by Gasteiger charge is -2.10. The van der Waals surface area contributed by atoms with Gasteiger partial charge < -0.3 is 4.57 Å². The van der Waals surface area contributed by atoms with Crippen LogP contribution in [0, 0.1) is 13.8 Å². The van der Waals surface area contributed by atoms with Crippen molar-refractivity contribution in [1.29, 1.82) is 0 Å². The first-order chi connectivity index (χ1) is 10.5. The van der Waals surface area contributed by atoms with Crippen molar-refractivity contribution in [1.82, 2.24) is 19.1 Å². The van der Waals surface area contributed by atoms with Gasteiger partial charge in [0, 0.05) is 30.9 Å². The second-order valence-corrected chi connectivity index (χ2v) is 7.30. The molecule has 3 aromatic heterocycles. The number of thiophene rings is 1. The highest BCUT2D eigenvalue weighted by Gasteiger charge is 2.16. The second-order valence-electron chi connectivity index (χ2n) is 5.15. The van der Waals surface area contributed by atoms with Gasteiger partial charge in [-0.05, 0) is 26.3 Å². The smallest absolute Gasteiger partial charge is 0.263 e. The Morgan fingerprint density at radius 3 is 2.77 bits per heavy atom.